The van der Waals surface area contributed by atoms with E-state index in [1.54, 1.807) is 4.90 Å². The highest BCUT2D eigenvalue weighted by Gasteiger charge is 2.28. The summed E-state index contributed by atoms with van der Waals surface area (Å²) in [6.45, 7) is 3.41. The number of hydrogen-bond donors (Lipinski definition) is 2. The number of anilines is 3. The number of nitrogens with zero attached hydrogens (tertiary/aromatic N) is 4. The summed E-state index contributed by atoms with van der Waals surface area (Å²) in [5.41, 5.74) is 2.86. The summed E-state index contributed by atoms with van der Waals surface area (Å²) in [5.74, 6) is 1.48. The first-order valence-electron chi connectivity index (χ1n) is 8.37. The van der Waals surface area contributed by atoms with E-state index >= 15 is 0 Å². The van der Waals surface area contributed by atoms with Crippen LogP contribution in [0.5, 0.6) is 0 Å². The maximum atomic E-state index is 12.8. The predicted molar refractivity (Wildman–Crippen MR) is 97.9 cm³/mol. The molecule has 2 heterocycles. The van der Waals surface area contributed by atoms with Crippen LogP contribution in [-0.2, 0) is 11.3 Å². The van der Waals surface area contributed by atoms with E-state index in [0.717, 1.165) is 22.6 Å². The van der Waals surface area contributed by atoms with Crippen LogP contribution in [0.25, 0.3) is 0 Å². The Bertz CT molecular complexity index is 765. The number of aryl methyl sites for hydroxylation is 1. The van der Waals surface area contributed by atoms with E-state index in [-0.39, 0.29) is 19.1 Å². The Morgan fingerprint density at radius 2 is 2.12 bits per heavy atom. The first-order chi connectivity index (χ1) is 12.1. The minimum Gasteiger partial charge on any atom is -0.396 e. The van der Waals surface area contributed by atoms with Gasteiger partial charge in [0, 0.05) is 25.9 Å². The normalized spacial score (nSPS) is 14.3. The van der Waals surface area contributed by atoms with Gasteiger partial charge in [0.25, 0.3) is 0 Å². The second kappa shape index (κ2) is 7.48. The third-order valence-corrected chi connectivity index (χ3v) is 4.21. The molecule has 0 fully saturated rings. The fraction of sp³-hybridized carbons (Fsp3) is 0.389. The second-order valence-electron chi connectivity index (χ2n) is 6.20. The van der Waals surface area contributed by atoms with Crippen molar-refractivity contribution in [3.63, 3.8) is 0 Å². The summed E-state index contributed by atoms with van der Waals surface area (Å²) in [6, 6.07) is 7.91. The summed E-state index contributed by atoms with van der Waals surface area (Å²) in [6.07, 6.45) is 2.14. The van der Waals surface area contributed by atoms with Gasteiger partial charge in [0.1, 0.15) is 18.0 Å². The SMILES string of the molecule is Cc1cccc(N2Cc3c(NCCCO)ncnc3N(C)CC2=O)c1. The van der Waals surface area contributed by atoms with Crippen LogP contribution in [0.15, 0.2) is 30.6 Å². The lowest BCUT2D eigenvalue weighted by molar-refractivity contribution is -0.117. The Labute approximate surface area is 147 Å². The maximum absolute atomic E-state index is 12.8. The molecule has 1 aliphatic rings. The molecule has 1 aromatic heterocycles. The topological polar surface area (TPSA) is 81.6 Å². The number of benzene rings is 1. The largest absolute Gasteiger partial charge is 0.396 e. The van der Waals surface area contributed by atoms with Crippen molar-refractivity contribution in [1.29, 1.82) is 0 Å². The number of fused-ring (bicyclic) bond motifs is 1. The van der Waals surface area contributed by atoms with Crippen LogP contribution < -0.4 is 15.1 Å². The van der Waals surface area contributed by atoms with Crippen molar-refractivity contribution in [2.24, 2.45) is 0 Å². The molecule has 2 N–H and O–H groups in total. The maximum Gasteiger partial charge on any atom is 0.246 e. The molecule has 3 rings (SSSR count). The van der Waals surface area contributed by atoms with Crippen molar-refractivity contribution in [3.8, 4) is 0 Å². The Morgan fingerprint density at radius 3 is 2.88 bits per heavy atom. The number of nitrogens with one attached hydrogen (secondary N) is 1. The van der Waals surface area contributed by atoms with Crippen LogP contribution in [0.4, 0.5) is 17.3 Å². The lowest BCUT2D eigenvalue weighted by atomic mass is 10.2. The Hall–Kier alpha value is -2.67. The van der Waals surface area contributed by atoms with E-state index in [0.29, 0.717) is 25.3 Å². The van der Waals surface area contributed by atoms with Gasteiger partial charge in [0.15, 0.2) is 0 Å². The molecule has 25 heavy (non-hydrogen) atoms. The van der Waals surface area contributed by atoms with Crippen molar-refractivity contribution >= 4 is 23.2 Å². The summed E-state index contributed by atoms with van der Waals surface area (Å²) < 4.78 is 0. The number of likely N-dealkylation sites (N-methyl/N-ethyl adjacent to an activating group) is 1. The molecule has 0 saturated carbocycles. The lowest BCUT2D eigenvalue weighted by Crippen LogP contribution is -2.35. The lowest BCUT2D eigenvalue weighted by Gasteiger charge is -2.22. The Kier molecular flexibility index (Phi) is 5.14. The molecule has 0 radical (unpaired) electrons. The summed E-state index contributed by atoms with van der Waals surface area (Å²) in [7, 11) is 1.86. The Morgan fingerprint density at radius 1 is 1.28 bits per heavy atom. The second-order valence-corrected chi connectivity index (χ2v) is 6.20. The van der Waals surface area contributed by atoms with Gasteiger partial charge in [-0.2, -0.15) is 0 Å². The molecular formula is C18H23N5O2. The molecule has 2 aromatic rings. The summed E-state index contributed by atoms with van der Waals surface area (Å²) in [5, 5.41) is 12.2. The molecular weight excluding hydrogens is 318 g/mol. The van der Waals surface area contributed by atoms with Crippen molar-refractivity contribution in [3.05, 3.63) is 41.7 Å². The number of carbonyl (C=O) groups is 1. The number of hydrogen-bond acceptors (Lipinski definition) is 6. The molecule has 7 heteroatoms. The molecule has 0 bridgehead atoms. The molecule has 1 aromatic carbocycles. The molecule has 1 aliphatic heterocycles. The standard InChI is InChI=1S/C18H23N5O2/c1-13-5-3-6-14(9-13)23-10-15-17(19-7-4-8-24)20-12-21-18(15)22(2)11-16(23)25/h3,5-6,9,12,24H,4,7-8,10-11H2,1-2H3,(H,19,20,21). The van der Waals surface area contributed by atoms with Gasteiger partial charge in [-0.1, -0.05) is 12.1 Å². The zero-order valence-electron chi connectivity index (χ0n) is 14.6. The van der Waals surface area contributed by atoms with Crippen LogP contribution in [-0.4, -0.2) is 47.7 Å². The molecule has 0 spiro atoms. The van der Waals surface area contributed by atoms with E-state index in [2.05, 4.69) is 15.3 Å². The molecule has 132 valence electrons. The molecule has 0 saturated heterocycles. The van der Waals surface area contributed by atoms with Crippen LogP contribution in [0, 0.1) is 6.92 Å². The smallest absolute Gasteiger partial charge is 0.246 e. The summed E-state index contributed by atoms with van der Waals surface area (Å²) >= 11 is 0. The molecule has 0 atom stereocenters. The molecule has 0 aliphatic carbocycles. The molecule has 1 amide bonds. The highest BCUT2D eigenvalue weighted by atomic mass is 16.3. The van der Waals surface area contributed by atoms with Crippen LogP contribution in [0.3, 0.4) is 0 Å². The van der Waals surface area contributed by atoms with E-state index in [1.807, 2.05) is 43.1 Å². The van der Waals surface area contributed by atoms with E-state index < -0.39 is 0 Å². The summed E-state index contributed by atoms with van der Waals surface area (Å²) in [4.78, 5) is 25.1. The number of aliphatic hydroxyl groups excluding tert-OH is 1. The van der Waals surface area contributed by atoms with E-state index in [4.69, 9.17) is 5.11 Å². The minimum absolute atomic E-state index is 0.0207. The monoisotopic (exact) mass is 341 g/mol. The number of amides is 1. The Balaban J connectivity index is 1.98. The molecule has 0 unspecified atom stereocenters. The van der Waals surface area contributed by atoms with Gasteiger partial charge in [0.2, 0.25) is 5.91 Å². The number of aliphatic hydroxyl groups is 1. The fourth-order valence-electron chi connectivity index (χ4n) is 2.96. The van der Waals surface area contributed by atoms with Gasteiger partial charge in [-0.3, -0.25) is 4.79 Å². The van der Waals surface area contributed by atoms with E-state index in [1.165, 1.54) is 6.33 Å². The minimum atomic E-state index is 0.0207. The van der Waals surface area contributed by atoms with Crippen molar-refractivity contribution in [1.82, 2.24) is 9.97 Å². The zero-order valence-corrected chi connectivity index (χ0v) is 14.6. The molecule has 7 nitrogen and oxygen atoms in total. The van der Waals surface area contributed by atoms with Crippen molar-refractivity contribution < 1.29 is 9.90 Å². The van der Waals surface area contributed by atoms with Crippen molar-refractivity contribution in [2.45, 2.75) is 19.9 Å². The first-order valence-corrected chi connectivity index (χ1v) is 8.37. The first kappa shape index (κ1) is 17.2. The fourth-order valence-corrected chi connectivity index (χ4v) is 2.96. The van der Waals surface area contributed by atoms with Gasteiger partial charge in [-0.25, -0.2) is 9.97 Å². The van der Waals surface area contributed by atoms with Crippen LogP contribution in [0.1, 0.15) is 17.5 Å². The third kappa shape index (κ3) is 3.71. The van der Waals surface area contributed by atoms with Gasteiger partial charge in [-0.05, 0) is 31.0 Å². The van der Waals surface area contributed by atoms with Gasteiger partial charge in [-0.15, -0.1) is 0 Å². The quantitative estimate of drug-likeness (QED) is 0.804. The van der Waals surface area contributed by atoms with Crippen molar-refractivity contribution in [2.75, 3.05) is 41.9 Å². The van der Waals surface area contributed by atoms with Gasteiger partial charge < -0.3 is 20.2 Å². The third-order valence-electron chi connectivity index (χ3n) is 4.21. The van der Waals surface area contributed by atoms with Crippen LogP contribution >= 0.6 is 0 Å². The number of carbonyl (C=O) groups excluding carboxylic acids is 1. The predicted octanol–water partition coefficient (Wildman–Crippen LogP) is 1.56. The van der Waals surface area contributed by atoms with E-state index in [9.17, 15) is 4.79 Å². The highest BCUT2D eigenvalue weighted by Crippen LogP contribution is 2.30. The average Bonchev–Trinajstić information content (AvgIpc) is 2.72. The van der Waals surface area contributed by atoms with Gasteiger partial charge >= 0.3 is 0 Å². The number of aromatic nitrogens is 2. The van der Waals surface area contributed by atoms with Gasteiger partial charge in [0.05, 0.1) is 18.7 Å². The number of rotatable bonds is 5. The average molecular weight is 341 g/mol. The highest BCUT2D eigenvalue weighted by molar-refractivity contribution is 5.97. The van der Waals surface area contributed by atoms with Crippen LogP contribution in [0.2, 0.25) is 0 Å². The zero-order chi connectivity index (χ0) is 17.8.